The third kappa shape index (κ3) is 4.44. The van der Waals surface area contributed by atoms with Gasteiger partial charge in [0.25, 0.3) is 0 Å². The van der Waals surface area contributed by atoms with E-state index in [1.54, 1.807) is 18.2 Å². The van der Waals surface area contributed by atoms with Gasteiger partial charge in [0, 0.05) is 23.6 Å². The van der Waals surface area contributed by atoms with E-state index in [2.05, 4.69) is 26.0 Å². The number of benzene rings is 1. The van der Waals surface area contributed by atoms with Gasteiger partial charge in [-0.25, -0.2) is 13.1 Å². The van der Waals surface area contributed by atoms with Gasteiger partial charge in [-0.3, -0.25) is 0 Å². The number of hydrogen-bond donors (Lipinski definition) is 2. The number of halogens is 1. The first kappa shape index (κ1) is 15.8. The number of rotatable bonds is 8. The smallest absolute Gasteiger partial charge is 0.244 e. The average molecular weight is 363 g/mol. The molecule has 1 aromatic rings. The fourth-order valence-electron chi connectivity index (χ4n) is 1.79. The second-order valence-electron chi connectivity index (χ2n) is 4.65. The highest BCUT2D eigenvalue weighted by molar-refractivity contribution is 9.10. The molecule has 1 fully saturated rings. The lowest BCUT2D eigenvalue weighted by molar-refractivity contribution is 0.331. The van der Waals surface area contributed by atoms with Gasteiger partial charge in [0.1, 0.15) is 10.6 Å². The van der Waals surface area contributed by atoms with Crippen LogP contribution in [0, 0.1) is 0 Å². The Labute approximate surface area is 128 Å². The van der Waals surface area contributed by atoms with Crippen molar-refractivity contribution in [1.29, 1.82) is 0 Å². The summed E-state index contributed by atoms with van der Waals surface area (Å²) in [7, 11) is -3.56. The highest BCUT2D eigenvalue weighted by Gasteiger charge is 2.22. The van der Waals surface area contributed by atoms with Gasteiger partial charge in [-0.1, -0.05) is 15.9 Å². The fraction of sp³-hybridized carbons (Fsp3) is 0.538. The number of sulfonamides is 1. The molecule has 2 rings (SSSR count). The SMILES string of the molecule is CCOc1ccc(Br)cc1S(=O)(=O)NCCNC1CC1. The highest BCUT2D eigenvalue weighted by atomic mass is 79.9. The van der Waals surface area contributed by atoms with Gasteiger partial charge < -0.3 is 10.1 Å². The van der Waals surface area contributed by atoms with Crippen LogP contribution in [0.3, 0.4) is 0 Å². The molecule has 0 amide bonds. The van der Waals surface area contributed by atoms with Crippen molar-refractivity contribution in [3.63, 3.8) is 0 Å². The Morgan fingerprint density at radius 1 is 1.35 bits per heavy atom. The molecule has 2 N–H and O–H groups in total. The molecule has 7 heteroatoms. The summed E-state index contributed by atoms with van der Waals surface area (Å²) in [5.74, 6) is 0.373. The quantitative estimate of drug-likeness (QED) is 0.692. The predicted octanol–water partition coefficient (Wildman–Crippen LogP) is 1.88. The third-order valence-electron chi connectivity index (χ3n) is 2.92. The van der Waals surface area contributed by atoms with Crippen LogP contribution in [0.5, 0.6) is 5.75 Å². The maximum atomic E-state index is 12.3. The Balaban J connectivity index is 2.04. The Bertz CT molecular complexity index is 559. The first-order valence-electron chi connectivity index (χ1n) is 6.68. The average Bonchev–Trinajstić information content (AvgIpc) is 3.21. The standard InChI is InChI=1S/C13H19BrN2O3S/c1-2-19-12-6-3-10(14)9-13(12)20(17,18)16-8-7-15-11-4-5-11/h3,6,9,11,15-16H,2,4-5,7-8H2,1H3. The van der Waals surface area contributed by atoms with Crippen molar-refractivity contribution < 1.29 is 13.2 Å². The topological polar surface area (TPSA) is 67.4 Å². The number of nitrogens with one attached hydrogen (secondary N) is 2. The molecule has 0 spiro atoms. The molecule has 1 saturated carbocycles. The monoisotopic (exact) mass is 362 g/mol. The first-order chi connectivity index (χ1) is 9.53. The van der Waals surface area contributed by atoms with E-state index in [1.807, 2.05) is 6.92 Å². The van der Waals surface area contributed by atoms with E-state index in [4.69, 9.17) is 4.74 Å². The second-order valence-corrected chi connectivity index (χ2v) is 7.30. The minimum atomic E-state index is -3.56. The van der Waals surface area contributed by atoms with E-state index in [0.717, 1.165) is 0 Å². The molecule has 0 atom stereocenters. The summed E-state index contributed by atoms with van der Waals surface area (Å²) in [5.41, 5.74) is 0. The summed E-state index contributed by atoms with van der Waals surface area (Å²) in [5, 5.41) is 3.26. The molecule has 5 nitrogen and oxygen atoms in total. The molecule has 20 heavy (non-hydrogen) atoms. The van der Waals surface area contributed by atoms with Crippen molar-refractivity contribution in [3.05, 3.63) is 22.7 Å². The first-order valence-corrected chi connectivity index (χ1v) is 8.96. The van der Waals surface area contributed by atoms with E-state index in [0.29, 0.717) is 36.0 Å². The minimum Gasteiger partial charge on any atom is -0.492 e. The fourth-order valence-corrected chi connectivity index (χ4v) is 3.51. The van der Waals surface area contributed by atoms with Crippen molar-refractivity contribution in [3.8, 4) is 5.75 Å². The molecule has 0 saturated heterocycles. The van der Waals surface area contributed by atoms with Crippen molar-refractivity contribution in [2.24, 2.45) is 0 Å². The molecule has 0 aromatic heterocycles. The van der Waals surface area contributed by atoms with Crippen LogP contribution in [0.1, 0.15) is 19.8 Å². The summed E-state index contributed by atoms with van der Waals surface area (Å²) < 4.78 is 33.3. The molecule has 0 unspecified atom stereocenters. The Hall–Kier alpha value is -0.630. The van der Waals surface area contributed by atoms with Crippen LogP contribution < -0.4 is 14.8 Å². The maximum Gasteiger partial charge on any atom is 0.244 e. The normalized spacial score (nSPS) is 15.3. The largest absolute Gasteiger partial charge is 0.492 e. The molecule has 112 valence electrons. The number of ether oxygens (including phenoxy) is 1. The predicted molar refractivity (Wildman–Crippen MR) is 81.5 cm³/mol. The van der Waals surface area contributed by atoms with Crippen LogP contribution in [-0.4, -0.2) is 34.2 Å². The van der Waals surface area contributed by atoms with Crippen molar-refractivity contribution in [2.75, 3.05) is 19.7 Å². The summed E-state index contributed by atoms with van der Waals surface area (Å²) in [6, 6.07) is 5.55. The molecular formula is C13H19BrN2O3S. The van der Waals surface area contributed by atoms with Gasteiger partial charge >= 0.3 is 0 Å². The molecule has 1 aliphatic rings. The zero-order chi connectivity index (χ0) is 14.6. The van der Waals surface area contributed by atoms with E-state index >= 15 is 0 Å². The Kier molecular flexibility index (Phi) is 5.42. The highest BCUT2D eigenvalue weighted by Crippen LogP contribution is 2.27. The summed E-state index contributed by atoms with van der Waals surface area (Å²) in [6.07, 6.45) is 2.37. The minimum absolute atomic E-state index is 0.167. The molecule has 0 aliphatic heterocycles. The van der Waals surface area contributed by atoms with Crippen LogP contribution in [0.2, 0.25) is 0 Å². The van der Waals surface area contributed by atoms with Crippen LogP contribution in [0.15, 0.2) is 27.6 Å². The second kappa shape index (κ2) is 6.89. The van der Waals surface area contributed by atoms with E-state index in [1.165, 1.54) is 12.8 Å². The van der Waals surface area contributed by atoms with Crippen molar-refractivity contribution in [1.82, 2.24) is 10.0 Å². The van der Waals surface area contributed by atoms with Gasteiger partial charge in [0.05, 0.1) is 6.61 Å². The lowest BCUT2D eigenvalue weighted by Gasteiger charge is -2.12. The summed E-state index contributed by atoms with van der Waals surface area (Å²) >= 11 is 3.29. The zero-order valence-corrected chi connectivity index (χ0v) is 13.8. The third-order valence-corrected chi connectivity index (χ3v) is 4.90. The summed E-state index contributed by atoms with van der Waals surface area (Å²) in [6.45, 7) is 3.26. The maximum absolute atomic E-state index is 12.3. The lowest BCUT2D eigenvalue weighted by Crippen LogP contribution is -2.32. The van der Waals surface area contributed by atoms with Gasteiger partial charge in [-0.15, -0.1) is 0 Å². The van der Waals surface area contributed by atoms with E-state index in [9.17, 15) is 8.42 Å². The van der Waals surface area contributed by atoms with E-state index in [-0.39, 0.29) is 4.90 Å². The van der Waals surface area contributed by atoms with Crippen LogP contribution in [-0.2, 0) is 10.0 Å². The van der Waals surface area contributed by atoms with Gasteiger partial charge in [-0.2, -0.15) is 0 Å². The molecular weight excluding hydrogens is 344 g/mol. The molecule has 0 radical (unpaired) electrons. The Morgan fingerprint density at radius 3 is 2.75 bits per heavy atom. The van der Waals surface area contributed by atoms with E-state index < -0.39 is 10.0 Å². The van der Waals surface area contributed by atoms with Gasteiger partial charge in [-0.05, 0) is 38.0 Å². The molecule has 0 bridgehead atoms. The molecule has 1 aromatic carbocycles. The Morgan fingerprint density at radius 2 is 2.10 bits per heavy atom. The number of hydrogen-bond acceptors (Lipinski definition) is 4. The van der Waals surface area contributed by atoms with Crippen LogP contribution in [0.4, 0.5) is 0 Å². The van der Waals surface area contributed by atoms with Gasteiger partial charge in [0.15, 0.2) is 0 Å². The molecule has 1 aliphatic carbocycles. The molecule has 0 heterocycles. The zero-order valence-electron chi connectivity index (χ0n) is 11.4. The van der Waals surface area contributed by atoms with Crippen molar-refractivity contribution in [2.45, 2.75) is 30.7 Å². The van der Waals surface area contributed by atoms with Crippen LogP contribution in [0.25, 0.3) is 0 Å². The van der Waals surface area contributed by atoms with Crippen molar-refractivity contribution >= 4 is 26.0 Å². The van der Waals surface area contributed by atoms with Gasteiger partial charge in [0.2, 0.25) is 10.0 Å². The van der Waals surface area contributed by atoms with Crippen LogP contribution >= 0.6 is 15.9 Å². The summed E-state index contributed by atoms with van der Waals surface area (Å²) in [4.78, 5) is 0.167. The lowest BCUT2D eigenvalue weighted by atomic mass is 10.3.